The molecule has 1 atom stereocenters. The summed E-state index contributed by atoms with van der Waals surface area (Å²) in [6.45, 7) is 30.6. The summed E-state index contributed by atoms with van der Waals surface area (Å²) in [6, 6.07) is 0.986. The second kappa shape index (κ2) is 33.2. The van der Waals surface area contributed by atoms with E-state index in [0.29, 0.717) is 72.9 Å². The SMILES string of the molecule is CC(C)C(N)C(C)C.CC(C)C(N=C(N)CCCS)C(C)C.CCN1C(=O)C=CC1=O.CCN1C(=O)CC(SCCCC(N)=NC(C(C)C)C(C)C)C1=O.N=C1CCCS1. The molecule has 3 aliphatic heterocycles. The standard InChI is InChI=1S/C17H31N3O2S.C11H24N2S.C7H17N.C6H7NO2.C4H7NS/c1-6-20-15(21)10-13(17(20)22)23-9-7-8-14(18)19-16(11(2)3)12(4)5;1-8(2)11(9(3)4)13-10(12)6-5-7-14;1-5(2)7(8)6(3)4;1-2-7-5(8)3-4-6(7)9;5-4-2-1-3-6-4/h11-13,16H,6-10H2,1-5H3,(H2,18,19);8-9,11,14H,5-7H2,1-4H3,(H2,12,13);5-7H,8H2,1-4H3;3-4H,2H2,1H3;5H,1-3H2. The van der Waals surface area contributed by atoms with Crippen LogP contribution in [0.15, 0.2) is 22.1 Å². The number of aliphatic imine (C=N–C) groups is 2. The van der Waals surface area contributed by atoms with Crippen LogP contribution in [0.1, 0.15) is 142 Å². The number of thiol groups is 1. The molecule has 0 aliphatic carbocycles. The van der Waals surface area contributed by atoms with Gasteiger partial charge in [-0.2, -0.15) is 12.6 Å². The van der Waals surface area contributed by atoms with E-state index >= 15 is 0 Å². The fourth-order valence-electron chi connectivity index (χ4n) is 6.52. The van der Waals surface area contributed by atoms with Crippen LogP contribution in [0.5, 0.6) is 0 Å². The fraction of sp³-hybridized carbons (Fsp3) is 0.800. The van der Waals surface area contributed by atoms with Gasteiger partial charge in [0.1, 0.15) is 0 Å². The average molecular weight is 899 g/mol. The molecule has 0 aromatic rings. The van der Waals surface area contributed by atoms with Crippen molar-refractivity contribution < 1.29 is 19.2 Å². The topological polar surface area (TPSA) is 201 Å². The molecule has 0 radical (unpaired) electrons. The van der Waals surface area contributed by atoms with Crippen molar-refractivity contribution in [1.29, 1.82) is 5.41 Å². The summed E-state index contributed by atoms with van der Waals surface area (Å²) in [5.74, 6) is 7.18. The minimum absolute atomic E-state index is 0.0381. The lowest BCUT2D eigenvalue weighted by molar-refractivity contribution is -0.138. The zero-order chi connectivity index (χ0) is 46.7. The van der Waals surface area contributed by atoms with Crippen molar-refractivity contribution >= 4 is 76.5 Å². The fourth-order valence-corrected chi connectivity index (χ4v) is 8.62. The highest BCUT2D eigenvalue weighted by Gasteiger charge is 2.37. The van der Waals surface area contributed by atoms with Gasteiger partial charge >= 0.3 is 0 Å². The summed E-state index contributed by atoms with van der Waals surface area (Å²) in [5.41, 5.74) is 17.7. The molecule has 1 unspecified atom stereocenters. The van der Waals surface area contributed by atoms with E-state index < -0.39 is 0 Å². The number of imide groups is 2. The third kappa shape index (κ3) is 25.5. The van der Waals surface area contributed by atoms with Gasteiger partial charge in [-0.15, -0.1) is 23.5 Å². The van der Waals surface area contributed by atoms with Gasteiger partial charge in [-0.3, -0.25) is 44.4 Å². The second-order valence-corrected chi connectivity index (χ2v) is 20.3. The number of nitrogens with one attached hydrogen (secondary N) is 1. The summed E-state index contributed by atoms with van der Waals surface area (Å²) in [5, 5.41) is 7.67. The predicted molar refractivity (Wildman–Crippen MR) is 264 cm³/mol. The number of thioether (sulfide) groups is 2. The first-order valence-electron chi connectivity index (χ1n) is 22.2. The molecule has 3 heterocycles. The minimum Gasteiger partial charge on any atom is -0.387 e. The summed E-state index contributed by atoms with van der Waals surface area (Å²) < 4.78 is 0. The Balaban J connectivity index is 0. The van der Waals surface area contributed by atoms with E-state index in [4.69, 9.17) is 22.6 Å². The van der Waals surface area contributed by atoms with Gasteiger partial charge in [0.2, 0.25) is 11.8 Å². The summed E-state index contributed by atoms with van der Waals surface area (Å²) in [7, 11) is 0. The number of likely N-dealkylation sites (N-methyl/N-ethyl adjacent to an activating group) is 1. The molecule has 0 aromatic carbocycles. The summed E-state index contributed by atoms with van der Waals surface area (Å²) in [6.07, 6.45) is 8.68. The third-order valence-electron chi connectivity index (χ3n) is 9.95. The Labute approximate surface area is 379 Å². The van der Waals surface area contributed by atoms with Gasteiger partial charge in [-0.05, 0) is 92.3 Å². The van der Waals surface area contributed by atoms with Gasteiger partial charge in [0, 0.05) is 50.5 Å². The molecule has 348 valence electrons. The lowest BCUT2D eigenvalue weighted by Gasteiger charge is -2.21. The molecule has 0 aromatic heterocycles. The first-order chi connectivity index (χ1) is 28.0. The molecular formula is C45H86N8O4S3. The Bertz CT molecular complexity index is 1320. The molecule has 2 saturated heterocycles. The lowest BCUT2D eigenvalue weighted by atomic mass is 9.94. The van der Waals surface area contributed by atoms with E-state index in [1.54, 1.807) is 30.4 Å². The van der Waals surface area contributed by atoms with Gasteiger partial charge in [0.15, 0.2) is 0 Å². The Kier molecular flexibility index (Phi) is 33.1. The van der Waals surface area contributed by atoms with E-state index in [1.807, 2.05) is 6.92 Å². The van der Waals surface area contributed by atoms with Crippen molar-refractivity contribution in [2.75, 3.05) is 30.3 Å². The largest absolute Gasteiger partial charge is 0.387 e. The molecule has 3 rings (SSSR count). The van der Waals surface area contributed by atoms with E-state index in [1.165, 1.54) is 34.1 Å². The highest BCUT2D eigenvalue weighted by molar-refractivity contribution is 8.14. The maximum Gasteiger partial charge on any atom is 0.253 e. The van der Waals surface area contributed by atoms with Gasteiger partial charge in [0.05, 0.1) is 34.0 Å². The highest BCUT2D eigenvalue weighted by atomic mass is 32.2. The zero-order valence-corrected chi connectivity index (χ0v) is 42.4. The maximum atomic E-state index is 12.0. The van der Waals surface area contributed by atoms with Crippen LogP contribution < -0.4 is 17.2 Å². The highest BCUT2D eigenvalue weighted by Crippen LogP contribution is 2.26. The summed E-state index contributed by atoms with van der Waals surface area (Å²) in [4.78, 5) is 56.7. The molecule has 4 amide bonds. The molecule has 60 heavy (non-hydrogen) atoms. The Hall–Kier alpha value is -2.36. The average Bonchev–Trinajstić information content (AvgIpc) is 3.86. The number of carbonyl (C=O) groups is 4. The van der Waals surface area contributed by atoms with Crippen LogP contribution in [0.4, 0.5) is 0 Å². The van der Waals surface area contributed by atoms with Crippen molar-refractivity contribution in [3.63, 3.8) is 0 Å². The number of nitrogens with two attached hydrogens (primary N) is 3. The first-order valence-corrected chi connectivity index (χ1v) is 24.8. The van der Waals surface area contributed by atoms with Gasteiger partial charge < -0.3 is 17.2 Å². The van der Waals surface area contributed by atoms with E-state index in [-0.39, 0.29) is 34.9 Å². The Morgan fingerprint density at radius 2 is 1.20 bits per heavy atom. The molecular weight excluding hydrogens is 813 g/mol. The maximum absolute atomic E-state index is 12.0. The van der Waals surface area contributed by atoms with Crippen LogP contribution in [-0.2, 0) is 19.2 Å². The van der Waals surface area contributed by atoms with E-state index in [0.717, 1.165) is 54.5 Å². The van der Waals surface area contributed by atoms with Crippen LogP contribution >= 0.6 is 36.2 Å². The molecule has 0 spiro atoms. The monoisotopic (exact) mass is 899 g/mol. The molecule has 3 aliphatic rings. The Morgan fingerprint density at radius 1 is 0.767 bits per heavy atom. The first kappa shape index (κ1) is 59.7. The van der Waals surface area contributed by atoms with Crippen LogP contribution in [0.2, 0.25) is 0 Å². The van der Waals surface area contributed by atoms with Crippen molar-refractivity contribution in [2.24, 2.45) is 62.7 Å². The molecule has 12 nitrogen and oxygen atoms in total. The van der Waals surface area contributed by atoms with Crippen LogP contribution in [-0.4, -0.2) is 104 Å². The number of rotatable bonds is 18. The number of amides is 4. The van der Waals surface area contributed by atoms with E-state index in [2.05, 4.69) is 106 Å². The van der Waals surface area contributed by atoms with Crippen LogP contribution in [0, 0.1) is 40.9 Å². The van der Waals surface area contributed by atoms with Gasteiger partial charge in [-0.1, -0.05) is 83.1 Å². The minimum atomic E-state index is -0.209. The van der Waals surface area contributed by atoms with Crippen LogP contribution in [0.3, 0.4) is 0 Å². The molecule has 7 N–H and O–H groups in total. The normalized spacial score (nSPS) is 17.1. The quantitative estimate of drug-likeness (QED) is 0.0294. The summed E-state index contributed by atoms with van der Waals surface area (Å²) >= 11 is 7.40. The number of likely N-dealkylation sites (tertiary alicyclic amines) is 1. The lowest BCUT2D eigenvalue weighted by Crippen LogP contribution is -2.31. The number of amidine groups is 2. The molecule has 2 fully saturated rings. The van der Waals surface area contributed by atoms with Crippen molar-refractivity contribution in [3.8, 4) is 0 Å². The number of hydrogen-bond donors (Lipinski definition) is 5. The third-order valence-corrected chi connectivity index (χ3v) is 12.6. The molecule has 0 saturated carbocycles. The van der Waals surface area contributed by atoms with Crippen molar-refractivity contribution in [3.05, 3.63) is 12.2 Å². The number of nitrogens with zero attached hydrogens (tertiary/aromatic N) is 4. The molecule has 0 bridgehead atoms. The van der Waals surface area contributed by atoms with Gasteiger partial charge in [0.25, 0.3) is 11.8 Å². The van der Waals surface area contributed by atoms with Crippen LogP contribution in [0.25, 0.3) is 0 Å². The number of carbonyl (C=O) groups excluding carboxylic acids is 4. The van der Waals surface area contributed by atoms with Gasteiger partial charge in [-0.25, -0.2) is 0 Å². The smallest absolute Gasteiger partial charge is 0.253 e. The van der Waals surface area contributed by atoms with E-state index in [9.17, 15) is 19.2 Å². The van der Waals surface area contributed by atoms with Crippen molar-refractivity contribution in [1.82, 2.24) is 9.80 Å². The zero-order valence-electron chi connectivity index (χ0n) is 39.8. The molecule has 15 heteroatoms. The second-order valence-electron chi connectivity index (χ2n) is 17.4. The number of hydrogen-bond acceptors (Lipinski definition) is 11. The predicted octanol–water partition coefficient (Wildman–Crippen LogP) is 8.47. The Morgan fingerprint density at radius 3 is 1.47 bits per heavy atom. The van der Waals surface area contributed by atoms with Crippen molar-refractivity contribution in [2.45, 2.75) is 165 Å².